The van der Waals surface area contributed by atoms with Crippen molar-refractivity contribution in [1.82, 2.24) is 0 Å². The van der Waals surface area contributed by atoms with Gasteiger partial charge in [-0.3, -0.25) is 0 Å². The van der Waals surface area contributed by atoms with E-state index in [1.165, 1.54) is 35.7 Å². The van der Waals surface area contributed by atoms with Crippen LogP contribution in [0, 0.1) is 0 Å². The molecule has 1 aliphatic rings. The van der Waals surface area contributed by atoms with Gasteiger partial charge in [0.1, 0.15) is 0 Å². The smallest absolute Gasteiger partial charge is 0.208 e. The average Bonchev–Trinajstić information content (AvgIpc) is 2.18. The number of hydrogen-bond acceptors (Lipinski definition) is 1. The number of benzene rings is 1. The first-order valence-electron chi connectivity index (χ1n) is 5.08. The van der Waals surface area contributed by atoms with Crippen LogP contribution in [0.25, 0.3) is 0 Å². The summed E-state index contributed by atoms with van der Waals surface area (Å²) in [6.45, 7) is 0. The Labute approximate surface area is 106 Å². The van der Waals surface area contributed by atoms with Crippen molar-refractivity contribution in [2.24, 2.45) is 0 Å². The van der Waals surface area contributed by atoms with Gasteiger partial charge in [-0.15, -0.1) is 0 Å². The second kappa shape index (κ2) is 7.26. The van der Waals surface area contributed by atoms with E-state index in [1.807, 2.05) is 11.4 Å². The van der Waals surface area contributed by atoms with Crippen LogP contribution in [0.5, 0.6) is 0 Å². The Morgan fingerprint density at radius 2 is 1.87 bits per heavy atom. The highest BCUT2D eigenvalue weighted by atomic mass is 35.5. The Hall–Kier alpha value is -0.0500. The third-order valence-electron chi connectivity index (χ3n) is 2.29. The maximum Gasteiger partial charge on any atom is 0.208 e. The highest BCUT2D eigenvalue weighted by Gasteiger charge is 2.14. The van der Waals surface area contributed by atoms with Crippen LogP contribution in [0.1, 0.15) is 18.4 Å². The lowest BCUT2D eigenvalue weighted by Gasteiger charge is -2.02. The molecular weight excluding hydrogens is 244 g/mol. The van der Waals surface area contributed by atoms with Crippen molar-refractivity contribution in [3.05, 3.63) is 35.9 Å². The standard InChI is InChI=1S/C12H15S2.ClH/c1-2-5-11(6-3-1)12-7-4-8-13-9-10-14-12;/h1-3,5-6H,4,7-10H2;1H/q+1;/p-1. The lowest BCUT2D eigenvalue weighted by atomic mass is 10.1. The molecule has 0 saturated heterocycles. The summed E-state index contributed by atoms with van der Waals surface area (Å²) in [6, 6.07) is 10.8. The Morgan fingerprint density at radius 3 is 2.67 bits per heavy atom. The van der Waals surface area contributed by atoms with Gasteiger partial charge in [-0.25, -0.2) is 0 Å². The van der Waals surface area contributed by atoms with Gasteiger partial charge in [0.25, 0.3) is 0 Å². The molecule has 15 heavy (non-hydrogen) atoms. The van der Waals surface area contributed by atoms with Crippen molar-refractivity contribution in [3.63, 3.8) is 0 Å². The van der Waals surface area contributed by atoms with E-state index in [4.69, 9.17) is 0 Å². The van der Waals surface area contributed by atoms with Crippen LogP contribution in [0.2, 0.25) is 0 Å². The summed E-state index contributed by atoms with van der Waals surface area (Å²) in [5.41, 5.74) is 1.43. The van der Waals surface area contributed by atoms with Gasteiger partial charge in [0.15, 0.2) is 17.1 Å². The maximum absolute atomic E-state index is 2.23. The highest BCUT2D eigenvalue weighted by Crippen LogP contribution is 2.12. The van der Waals surface area contributed by atoms with Gasteiger partial charge < -0.3 is 12.4 Å². The molecule has 0 atom stereocenters. The summed E-state index contributed by atoms with van der Waals surface area (Å²) in [5, 5.41) is 0. The molecule has 0 unspecified atom stereocenters. The van der Waals surface area contributed by atoms with E-state index in [2.05, 4.69) is 42.1 Å². The molecule has 1 aromatic carbocycles. The Balaban J connectivity index is 0.00000112. The molecule has 82 valence electrons. The molecule has 0 bridgehead atoms. The van der Waals surface area contributed by atoms with Gasteiger partial charge in [-0.2, -0.15) is 11.8 Å². The van der Waals surface area contributed by atoms with E-state index in [-0.39, 0.29) is 12.4 Å². The molecule has 0 amide bonds. The molecule has 0 saturated carbocycles. The zero-order chi connectivity index (χ0) is 9.64. The zero-order valence-electron chi connectivity index (χ0n) is 8.62. The van der Waals surface area contributed by atoms with Gasteiger partial charge >= 0.3 is 0 Å². The molecule has 0 spiro atoms. The van der Waals surface area contributed by atoms with E-state index in [0.29, 0.717) is 0 Å². The molecule has 1 heterocycles. The third-order valence-corrected chi connectivity index (χ3v) is 4.82. The minimum atomic E-state index is 0. The highest BCUT2D eigenvalue weighted by molar-refractivity contribution is 7.99. The van der Waals surface area contributed by atoms with Crippen molar-refractivity contribution in [2.75, 3.05) is 17.3 Å². The van der Waals surface area contributed by atoms with E-state index in [0.717, 1.165) is 0 Å². The third kappa shape index (κ3) is 4.13. The maximum atomic E-state index is 2.23. The van der Waals surface area contributed by atoms with Crippen LogP contribution in [0.15, 0.2) is 30.3 Å². The van der Waals surface area contributed by atoms with Gasteiger partial charge in [-0.1, -0.05) is 18.2 Å². The van der Waals surface area contributed by atoms with E-state index < -0.39 is 0 Å². The monoisotopic (exact) mass is 258 g/mol. The minimum absolute atomic E-state index is 0. The lowest BCUT2D eigenvalue weighted by molar-refractivity contribution is -0.00000266. The summed E-state index contributed by atoms with van der Waals surface area (Å²) in [7, 11) is 0. The van der Waals surface area contributed by atoms with Crippen LogP contribution in [-0.4, -0.2) is 22.1 Å². The second-order valence-corrected chi connectivity index (χ2v) is 5.77. The van der Waals surface area contributed by atoms with Crippen LogP contribution in [-0.2, 0) is 11.4 Å². The van der Waals surface area contributed by atoms with E-state index in [1.54, 1.807) is 4.86 Å². The summed E-state index contributed by atoms with van der Waals surface area (Å²) in [5.74, 6) is 3.91. The summed E-state index contributed by atoms with van der Waals surface area (Å²) in [6.07, 6.45) is 2.60. The quantitative estimate of drug-likeness (QED) is 0.498. The molecular formula is C12H15ClS2. The Morgan fingerprint density at radius 1 is 1.07 bits per heavy atom. The number of halogens is 1. The lowest BCUT2D eigenvalue weighted by Crippen LogP contribution is -3.00. The summed E-state index contributed by atoms with van der Waals surface area (Å²) in [4.78, 5) is 1.59. The summed E-state index contributed by atoms with van der Waals surface area (Å²) < 4.78 is 0. The van der Waals surface area contributed by atoms with E-state index in [9.17, 15) is 0 Å². The molecule has 0 fully saturated rings. The molecule has 1 aliphatic heterocycles. The molecule has 2 rings (SSSR count). The predicted molar refractivity (Wildman–Crippen MR) is 69.3 cm³/mol. The zero-order valence-corrected chi connectivity index (χ0v) is 11.0. The van der Waals surface area contributed by atoms with Crippen molar-refractivity contribution in [2.45, 2.75) is 12.8 Å². The van der Waals surface area contributed by atoms with Crippen LogP contribution in [0.3, 0.4) is 0 Å². The normalized spacial score (nSPS) is 16.9. The molecule has 3 heteroatoms. The fourth-order valence-electron chi connectivity index (χ4n) is 1.58. The van der Waals surface area contributed by atoms with E-state index >= 15 is 0 Å². The predicted octanol–water partition coefficient (Wildman–Crippen LogP) is -0.179. The van der Waals surface area contributed by atoms with Gasteiger partial charge in [-0.05, 0) is 24.3 Å². The van der Waals surface area contributed by atoms with Crippen molar-refractivity contribution < 1.29 is 12.4 Å². The molecule has 1 aromatic rings. The van der Waals surface area contributed by atoms with Crippen LogP contribution < -0.4 is 12.4 Å². The fourth-order valence-corrected chi connectivity index (χ4v) is 3.78. The van der Waals surface area contributed by atoms with Crippen molar-refractivity contribution >= 4 is 28.0 Å². The molecule has 0 N–H and O–H groups in total. The molecule has 0 nitrogen and oxygen atoms in total. The number of thioether (sulfide) groups is 1. The first-order valence-corrected chi connectivity index (χ1v) is 7.22. The summed E-state index contributed by atoms with van der Waals surface area (Å²) >= 11 is 4.14. The Bertz CT molecular complexity index is 309. The second-order valence-electron chi connectivity index (χ2n) is 3.35. The SMILES string of the molecule is [Cl-].c1ccc(C2=[S+]CCSCCC2)cc1. The first kappa shape index (κ1) is 13.0. The topological polar surface area (TPSA) is 0 Å². The minimum Gasteiger partial charge on any atom is -1.00 e. The average molecular weight is 259 g/mol. The van der Waals surface area contributed by atoms with Gasteiger partial charge in [0.05, 0.1) is 0 Å². The van der Waals surface area contributed by atoms with Crippen molar-refractivity contribution in [1.29, 1.82) is 0 Å². The van der Waals surface area contributed by atoms with Crippen LogP contribution in [0.4, 0.5) is 0 Å². The number of hydrogen-bond donors (Lipinski definition) is 0. The molecule has 0 aromatic heterocycles. The molecule has 0 radical (unpaired) electrons. The van der Waals surface area contributed by atoms with Gasteiger partial charge in [0, 0.05) is 17.7 Å². The molecule has 0 aliphatic carbocycles. The van der Waals surface area contributed by atoms with Gasteiger partial charge in [0.2, 0.25) is 4.86 Å². The van der Waals surface area contributed by atoms with Crippen molar-refractivity contribution in [3.8, 4) is 0 Å². The Kier molecular flexibility index (Phi) is 6.30. The number of rotatable bonds is 1. The fraction of sp³-hybridized carbons (Fsp3) is 0.417. The van der Waals surface area contributed by atoms with Crippen LogP contribution >= 0.6 is 11.8 Å². The largest absolute Gasteiger partial charge is 1.00 e. The first-order chi connectivity index (χ1) is 6.97.